The third-order valence-electron chi connectivity index (χ3n) is 6.37. The lowest BCUT2D eigenvalue weighted by molar-refractivity contribution is -0.103. The summed E-state index contributed by atoms with van der Waals surface area (Å²) in [7, 11) is 0. The quantitative estimate of drug-likeness (QED) is 0.450. The average Bonchev–Trinajstić information content (AvgIpc) is 2.71. The standard InChI is InChI=1S/C24H25ClO6/c1-12-4-5-13(11-26)8-14-17(27)9-15-19(20(14)28)21(29)16-10-18(25)23(2,3)31-24(16,7-6-12)22(15)30/h5-6,9-10,18,26-28H,4,7-8,11H2,1-3H3/b12-6+,13-5+/t18-,24-/m1/s1. The van der Waals surface area contributed by atoms with Gasteiger partial charge in [-0.2, -0.15) is 0 Å². The van der Waals surface area contributed by atoms with E-state index < -0.39 is 33.9 Å². The number of carbonyl (C=O) groups excluding carboxylic acids is 2. The molecule has 2 atom stereocenters. The molecule has 3 N–H and O–H groups in total. The Morgan fingerprint density at radius 1 is 1.23 bits per heavy atom. The number of aliphatic hydroxyl groups excluding tert-OH is 1. The van der Waals surface area contributed by atoms with Gasteiger partial charge in [0.05, 0.1) is 23.1 Å². The van der Waals surface area contributed by atoms with E-state index >= 15 is 0 Å². The number of aromatic hydroxyl groups is 2. The maximum absolute atomic E-state index is 13.8. The van der Waals surface area contributed by atoms with E-state index in [1.165, 1.54) is 6.07 Å². The van der Waals surface area contributed by atoms with Crippen LogP contribution in [0.4, 0.5) is 0 Å². The fraction of sp³-hybridized carbons (Fsp3) is 0.417. The van der Waals surface area contributed by atoms with Crippen LogP contribution < -0.4 is 0 Å². The van der Waals surface area contributed by atoms with Gasteiger partial charge in [0.25, 0.3) is 0 Å². The molecule has 0 aromatic heterocycles. The lowest BCUT2D eigenvalue weighted by Crippen LogP contribution is -2.58. The number of phenolic OH excluding ortho intramolecular Hbond substituents is 2. The van der Waals surface area contributed by atoms with E-state index in [4.69, 9.17) is 16.3 Å². The highest BCUT2D eigenvalue weighted by molar-refractivity contribution is 6.30. The summed E-state index contributed by atoms with van der Waals surface area (Å²) in [4.78, 5) is 27.4. The van der Waals surface area contributed by atoms with Crippen LogP contribution in [0, 0.1) is 0 Å². The van der Waals surface area contributed by atoms with Gasteiger partial charge in [-0.25, -0.2) is 0 Å². The van der Waals surface area contributed by atoms with Crippen LogP contribution in [0.3, 0.4) is 0 Å². The van der Waals surface area contributed by atoms with Gasteiger partial charge in [0.1, 0.15) is 11.5 Å². The number of hydrogen-bond acceptors (Lipinski definition) is 6. The summed E-state index contributed by atoms with van der Waals surface area (Å²) in [6.07, 6.45) is 5.88. The first kappa shape index (κ1) is 21.8. The van der Waals surface area contributed by atoms with Gasteiger partial charge in [0, 0.05) is 29.5 Å². The lowest BCUT2D eigenvalue weighted by atomic mass is 9.69. The number of aliphatic hydroxyl groups is 1. The number of benzene rings is 1. The monoisotopic (exact) mass is 444 g/mol. The Balaban J connectivity index is 2.07. The fourth-order valence-electron chi connectivity index (χ4n) is 4.47. The molecule has 1 aromatic carbocycles. The molecule has 7 heteroatoms. The number of hydrogen-bond donors (Lipinski definition) is 3. The van der Waals surface area contributed by atoms with Crippen molar-refractivity contribution in [1.29, 1.82) is 0 Å². The number of Topliss-reactive ketones (excluding diaryl/α,β-unsaturated/α-hetero) is 2. The number of rotatable bonds is 1. The molecule has 1 aromatic rings. The van der Waals surface area contributed by atoms with Gasteiger partial charge in [-0.1, -0.05) is 23.8 Å². The summed E-state index contributed by atoms with van der Waals surface area (Å²) in [5.74, 6) is -1.81. The lowest BCUT2D eigenvalue weighted by Gasteiger charge is -2.48. The molecule has 0 unspecified atom stereocenters. The number of allylic oxidation sites excluding steroid dienone is 2. The van der Waals surface area contributed by atoms with Gasteiger partial charge >= 0.3 is 0 Å². The van der Waals surface area contributed by atoms with Crippen molar-refractivity contribution in [2.75, 3.05) is 6.61 Å². The Hall–Kier alpha value is -2.41. The van der Waals surface area contributed by atoms with E-state index in [0.29, 0.717) is 12.0 Å². The third-order valence-corrected chi connectivity index (χ3v) is 7.02. The second-order valence-corrected chi connectivity index (χ2v) is 9.44. The number of phenols is 2. The van der Waals surface area contributed by atoms with E-state index in [1.54, 1.807) is 19.9 Å². The number of ketones is 2. The van der Waals surface area contributed by atoms with Crippen molar-refractivity contribution >= 4 is 23.2 Å². The topological polar surface area (TPSA) is 104 Å². The fourth-order valence-corrected chi connectivity index (χ4v) is 4.64. The Morgan fingerprint density at radius 3 is 2.61 bits per heavy atom. The van der Waals surface area contributed by atoms with Crippen LogP contribution in [0.5, 0.6) is 11.5 Å². The van der Waals surface area contributed by atoms with E-state index in [2.05, 4.69) is 0 Å². The second kappa shape index (κ2) is 7.33. The van der Waals surface area contributed by atoms with Crippen LogP contribution in [-0.4, -0.2) is 50.1 Å². The molecule has 0 saturated carbocycles. The molecular formula is C24H25ClO6. The smallest absolute Gasteiger partial charge is 0.200 e. The summed E-state index contributed by atoms with van der Waals surface area (Å²) in [5, 5.41) is 30.6. The average molecular weight is 445 g/mol. The second-order valence-electron chi connectivity index (χ2n) is 8.97. The molecule has 0 saturated heterocycles. The molecule has 164 valence electrons. The predicted octanol–water partition coefficient (Wildman–Crippen LogP) is 3.76. The summed E-state index contributed by atoms with van der Waals surface area (Å²) < 4.78 is 6.28. The largest absolute Gasteiger partial charge is 0.507 e. The number of ether oxygens (including phenoxy) is 1. The van der Waals surface area contributed by atoms with Gasteiger partial charge in [0.15, 0.2) is 11.4 Å². The molecule has 5 aliphatic rings. The number of carbonyl (C=O) groups is 2. The van der Waals surface area contributed by atoms with Crippen LogP contribution in [0.1, 0.15) is 59.9 Å². The highest BCUT2D eigenvalue weighted by atomic mass is 35.5. The van der Waals surface area contributed by atoms with Crippen molar-refractivity contribution in [3.8, 4) is 11.5 Å². The normalized spacial score (nSPS) is 30.9. The molecule has 1 spiro atoms. The Morgan fingerprint density at radius 2 is 1.94 bits per heavy atom. The van der Waals surface area contributed by atoms with Gasteiger partial charge in [-0.15, -0.1) is 11.6 Å². The minimum absolute atomic E-state index is 0.0437. The van der Waals surface area contributed by atoms with Crippen molar-refractivity contribution in [3.63, 3.8) is 0 Å². The van der Waals surface area contributed by atoms with E-state index in [9.17, 15) is 24.9 Å². The number of fused-ring (bicyclic) bond motifs is 1. The Bertz CT molecular complexity index is 1090. The first-order valence-corrected chi connectivity index (χ1v) is 10.6. The van der Waals surface area contributed by atoms with Gasteiger partial charge in [0.2, 0.25) is 5.78 Å². The molecule has 4 bridgehead atoms. The highest BCUT2D eigenvalue weighted by Gasteiger charge is 2.57. The van der Waals surface area contributed by atoms with Crippen molar-refractivity contribution in [2.45, 2.75) is 56.6 Å². The van der Waals surface area contributed by atoms with Crippen LogP contribution in [-0.2, 0) is 11.2 Å². The molecule has 4 aliphatic carbocycles. The van der Waals surface area contributed by atoms with Crippen molar-refractivity contribution < 1.29 is 29.6 Å². The number of alkyl halides is 1. The zero-order chi connectivity index (χ0) is 22.7. The maximum atomic E-state index is 13.8. The molecule has 1 aliphatic heterocycles. The summed E-state index contributed by atoms with van der Waals surface area (Å²) in [5.41, 5.74) is -1.06. The molecule has 6 rings (SSSR count). The summed E-state index contributed by atoms with van der Waals surface area (Å²) in [6.45, 7) is 5.14. The third kappa shape index (κ3) is 3.25. The van der Waals surface area contributed by atoms with Crippen LogP contribution in [0.15, 0.2) is 41.0 Å². The zero-order valence-electron chi connectivity index (χ0n) is 17.7. The molecule has 0 fully saturated rings. The first-order chi connectivity index (χ1) is 14.5. The summed E-state index contributed by atoms with van der Waals surface area (Å²) >= 11 is 6.47. The minimum atomic E-state index is -1.60. The van der Waals surface area contributed by atoms with Crippen LogP contribution in [0.25, 0.3) is 0 Å². The Labute approximate surface area is 185 Å². The molecule has 0 amide bonds. The van der Waals surface area contributed by atoms with Gasteiger partial charge < -0.3 is 20.1 Å². The number of halogens is 1. The zero-order valence-corrected chi connectivity index (χ0v) is 18.4. The summed E-state index contributed by atoms with van der Waals surface area (Å²) in [6, 6.07) is 1.22. The van der Waals surface area contributed by atoms with E-state index in [0.717, 1.165) is 5.57 Å². The van der Waals surface area contributed by atoms with Crippen molar-refractivity contribution in [2.24, 2.45) is 0 Å². The SMILES string of the molecule is C/C1=C\C[C@@]23OC(C)(C)[C@H](Cl)C=C2C(=O)c2c(cc(O)c(c2O)C/C(CO)=C\C1)C3=O. The van der Waals surface area contributed by atoms with Crippen molar-refractivity contribution in [1.82, 2.24) is 0 Å². The molecule has 1 heterocycles. The van der Waals surface area contributed by atoms with Gasteiger partial charge in [-0.3, -0.25) is 9.59 Å². The van der Waals surface area contributed by atoms with E-state index in [1.807, 2.05) is 19.1 Å². The predicted molar refractivity (Wildman–Crippen MR) is 116 cm³/mol. The molecule has 0 radical (unpaired) electrons. The van der Waals surface area contributed by atoms with Gasteiger partial charge in [-0.05, 0) is 38.8 Å². The Kier molecular flexibility index (Phi) is 5.16. The first-order valence-electron chi connectivity index (χ1n) is 10.2. The van der Waals surface area contributed by atoms with Crippen LogP contribution in [0.2, 0.25) is 0 Å². The molecular weight excluding hydrogens is 420 g/mol. The molecule has 31 heavy (non-hydrogen) atoms. The van der Waals surface area contributed by atoms with E-state index in [-0.39, 0.29) is 47.5 Å². The van der Waals surface area contributed by atoms with Crippen molar-refractivity contribution in [3.05, 3.63) is 57.7 Å². The van der Waals surface area contributed by atoms with Crippen LogP contribution >= 0.6 is 11.6 Å². The molecule has 6 nitrogen and oxygen atoms in total. The maximum Gasteiger partial charge on any atom is 0.200 e. The minimum Gasteiger partial charge on any atom is -0.507 e. The highest BCUT2D eigenvalue weighted by Crippen LogP contribution is 2.50.